The smallest absolute Gasteiger partial charge is 0.226 e. The highest BCUT2D eigenvalue weighted by atomic mass is 16.2. The Morgan fingerprint density at radius 1 is 1.18 bits per heavy atom. The van der Waals surface area contributed by atoms with Crippen molar-refractivity contribution in [1.29, 1.82) is 0 Å². The van der Waals surface area contributed by atoms with E-state index in [9.17, 15) is 9.59 Å². The first-order chi connectivity index (χ1) is 8.06. The highest BCUT2D eigenvalue weighted by Gasteiger charge is 2.19. The van der Waals surface area contributed by atoms with Gasteiger partial charge >= 0.3 is 0 Å². The van der Waals surface area contributed by atoms with Gasteiger partial charge in [0.05, 0.1) is 0 Å². The number of amides is 2. The summed E-state index contributed by atoms with van der Waals surface area (Å²) < 4.78 is 0. The van der Waals surface area contributed by atoms with Crippen LogP contribution in [0.1, 0.15) is 32.6 Å². The van der Waals surface area contributed by atoms with Crippen molar-refractivity contribution in [2.75, 3.05) is 13.1 Å². The third-order valence-corrected chi connectivity index (χ3v) is 2.86. The van der Waals surface area contributed by atoms with E-state index in [1.807, 2.05) is 6.92 Å². The van der Waals surface area contributed by atoms with Gasteiger partial charge in [-0.2, -0.15) is 0 Å². The summed E-state index contributed by atoms with van der Waals surface area (Å²) >= 11 is 0. The van der Waals surface area contributed by atoms with Crippen LogP contribution in [0.3, 0.4) is 0 Å². The lowest BCUT2D eigenvalue weighted by Crippen LogP contribution is -2.21. The summed E-state index contributed by atoms with van der Waals surface area (Å²) in [5.74, 6) is 0.433. The molecule has 17 heavy (non-hydrogen) atoms. The Hall–Kier alpha value is -1.58. The Bertz CT molecular complexity index is 336. The minimum Gasteiger partial charge on any atom is -0.320 e. The highest BCUT2D eigenvalue weighted by Crippen LogP contribution is 2.13. The molecule has 2 aliphatic heterocycles. The van der Waals surface area contributed by atoms with Gasteiger partial charge in [-0.1, -0.05) is 13.2 Å². The minimum atomic E-state index is 0.208. The molecule has 0 N–H and O–H groups in total. The van der Waals surface area contributed by atoms with Crippen LogP contribution in [0.25, 0.3) is 0 Å². The van der Waals surface area contributed by atoms with Gasteiger partial charge < -0.3 is 9.80 Å². The average Bonchev–Trinajstić information content (AvgIpc) is 2.87. The summed E-state index contributed by atoms with van der Waals surface area (Å²) in [4.78, 5) is 24.9. The van der Waals surface area contributed by atoms with Crippen molar-refractivity contribution < 1.29 is 9.59 Å². The molecule has 0 unspecified atom stereocenters. The highest BCUT2D eigenvalue weighted by molar-refractivity contribution is 5.79. The molecule has 2 heterocycles. The van der Waals surface area contributed by atoms with Crippen LogP contribution < -0.4 is 0 Å². The molecule has 0 aliphatic carbocycles. The lowest BCUT2D eigenvalue weighted by molar-refractivity contribution is -0.126. The number of hydrogen-bond donors (Lipinski definition) is 0. The largest absolute Gasteiger partial charge is 0.320 e. The van der Waals surface area contributed by atoms with Gasteiger partial charge in [-0.15, -0.1) is 0 Å². The molecule has 2 amide bonds. The Morgan fingerprint density at radius 2 is 1.76 bits per heavy atom. The first-order valence-electron chi connectivity index (χ1n) is 5.94. The predicted octanol–water partition coefficient (Wildman–Crippen LogP) is 1.89. The van der Waals surface area contributed by atoms with E-state index >= 15 is 0 Å². The Labute approximate surface area is 103 Å². The fraction of sp³-hybridized carbons (Fsp3) is 0.538. The summed E-state index contributed by atoms with van der Waals surface area (Å²) in [6.45, 7) is 10.8. The third-order valence-electron chi connectivity index (χ3n) is 2.86. The molecule has 2 aliphatic rings. The topological polar surface area (TPSA) is 40.6 Å². The zero-order valence-corrected chi connectivity index (χ0v) is 10.4. The van der Waals surface area contributed by atoms with Crippen molar-refractivity contribution in [3.05, 3.63) is 25.1 Å². The van der Waals surface area contributed by atoms with Crippen LogP contribution >= 0.6 is 0 Å². The molecule has 94 valence electrons. The zero-order valence-electron chi connectivity index (χ0n) is 10.4. The maximum atomic E-state index is 10.9. The molecule has 0 aromatic rings. The first kappa shape index (κ1) is 13.5. The molecule has 0 saturated carbocycles. The summed E-state index contributed by atoms with van der Waals surface area (Å²) in [5, 5.41) is 0. The summed E-state index contributed by atoms with van der Waals surface area (Å²) in [6, 6.07) is 0. The first-order valence-corrected chi connectivity index (χ1v) is 5.94. The number of allylic oxidation sites excluding steroid dienone is 1. The fourth-order valence-electron chi connectivity index (χ4n) is 1.91. The molecule has 4 nitrogen and oxygen atoms in total. The van der Waals surface area contributed by atoms with Gasteiger partial charge in [0.25, 0.3) is 0 Å². The third kappa shape index (κ3) is 3.73. The van der Waals surface area contributed by atoms with Crippen LogP contribution in [-0.2, 0) is 9.59 Å². The molecule has 0 atom stereocenters. The maximum absolute atomic E-state index is 10.9. The molecule has 0 aromatic heterocycles. The van der Waals surface area contributed by atoms with Gasteiger partial charge in [0.15, 0.2) is 0 Å². The SMILES string of the molecule is C=C(C)N1CCCC1=O.C=CN1CCCC1=O. The molecular formula is C13H20N2O2. The van der Waals surface area contributed by atoms with Crippen LogP contribution in [0, 0.1) is 0 Å². The second-order valence-corrected chi connectivity index (χ2v) is 4.26. The maximum Gasteiger partial charge on any atom is 0.226 e. The van der Waals surface area contributed by atoms with Crippen LogP contribution in [0.4, 0.5) is 0 Å². The molecule has 0 spiro atoms. The second kappa shape index (κ2) is 6.23. The van der Waals surface area contributed by atoms with E-state index < -0.39 is 0 Å². The van der Waals surface area contributed by atoms with Crippen LogP contribution in [0.15, 0.2) is 25.1 Å². The zero-order chi connectivity index (χ0) is 12.8. The van der Waals surface area contributed by atoms with E-state index in [0.29, 0.717) is 12.8 Å². The van der Waals surface area contributed by atoms with E-state index in [-0.39, 0.29) is 11.8 Å². The van der Waals surface area contributed by atoms with Gasteiger partial charge in [-0.3, -0.25) is 9.59 Å². The molecule has 2 saturated heterocycles. The second-order valence-electron chi connectivity index (χ2n) is 4.26. The molecule has 0 radical (unpaired) electrons. The molecule has 2 rings (SSSR count). The number of nitrogens with zero attached hydrogens (tertiary/aromatic N) is 2. The number of rotatable bonds is 2. The van der Waals surface area contributed by atoms with E-state index in [4.69, 9.17) is 0 Å². The Kier molecular flexibility index (Phi) is 4.94. The van der Waals surface area contributed by atoms with E-state index in [2.05, 4.69) is 13.2 Å². The summed E-state index contributed by atoms with van der Waals surface area (Å²) in [7, 11) is 0. The molecule has 2 fully saturated rings. The standard InChI is InChI=1S/C7H11NO.C6H9NO/c1-6(2)8-5-3-4-7(8)9;1-2-7-5-3-4-6(7)8/h1,3-5H2,2H3;2H,1,3-5H2. The van der Waals surface area contributed by atoms with Crippen molar-refractivity contribution >= 4 is 11.8 Å². The molecule has 0 aromatic carbocycles. The predicted molar refractivity (Wildman–Crippen MR) is 66.9 cm³/mol. The van der Waals surface area contributed by atoms with Gasteiger partial charge in [-0.05, 0) is 26.0 Å². The molecular weight excluding hydrogens is 216 g/mol. The van der Waals surface area contributed by atoms with E-state index in [1.165, 1.54) is 0 Å². The molecule has 4 heteroatoms. The molecule has 0 bridgehead atoms. The number of likely N-dealkylation sites (tertiary alicyclic amines) is 2. The quantitative estimate of drug-likeness (QED) is 0.734. The lowest BCUT2D eigenvalue weighted by Gasteiger charge is -2.13. The monoisotopic (exact) mass is 236 g/mol. The van der Waals surface area contributed by atoms with Crippen LogP contribution in [0.5, 0.6) is 0 Å². The summed E-state index contributed by atoms with van der Waals surface area (Å²) in [5.41, 5.74) is 0.873. The van der Waals surface area contributed by atoms with Crippen molar-refractivity contribution in [3.8, 4) is 0 Å². The van der Waals surface area contributed by atoms with Crippen LogP contribution in [-0.4, -0.2) is 34.7 Å². The number of hydrogen-bond acceptors (Lipinski definition) is 2. The van der Waals surface area contributed by atoms with Crippen molar-refractivity contribution in [2.24, 2.45) is 0 Å². The van der Waals surface area contributed by atoms with Gasteiger partial charge in [0, 0.05) is 31.6 Å². The van der Waals surface area contributed by atoms with Crippen molar-refractivity contribution in [2.45, 2.75) is 32.6 Å². The number of carbonyl (C=O) groups excluding carboxylic acids is 2. The van der Waals surface area contributed by atoms with Crippen LogP contribution in [0.2, 0.25) is 0 Å². The van der Waals surface area contributed by atoms with E-state index in [0.717, 1.165) is 31.6 Å². The minimum absolute atomic E-state index is 0.208. The van der Waals surface area contributed by atoms with E-state index in [1.54, 1.807) is 16.0 Å². The average molecular weight is 236 g/mol. The normalized spacial score (nSPS) is 19.1. The van der Waals surface area contributed by atoms with Gasteiger partial charge in [0.2, 0.25) is 11.8 Å². The van der Waals surface area contributed by atoms with Crippen molar-refractivity contribution in [3.63, 3.8) is 0 Å². The van der Waals surface area contributed by atoms with Crippen molar-refractivity contribution in [1.82, 2.24) is 9.80 Å². The Morgan fingerprint density at radius 3 is 2.00 bits per heavy atom. The Balaban J connectivity index is 0.000000171. The lowest BCUT2D eigenvalue weighted by atomic mass is 10.4. The van der Waals surface area contributed by atoms with Gasteiger partial charge in [0.1, 0.15) is 0 Å². The van der Waals surface area contributed by atoms with Gasteiger partial charge in [-0.25, -0.2) is 0 Å². The number of carbonyl (C=O) groups is 2. The fourth-order valence-corrected chi connectivity index (χ4v) is 1.91. The summed E-state index contributed by atoms with van der Waals surface area (Å²) in [6.07, 6.45) is 4.98.